The van der Waals surface area contributed by atoms with E-state index in [2.05, 4.69) is 4.74 Å². The van der Waals surface area contributed by atoms with Crippen molar-refractivity contribution < 1.29 is 23.0 Å². The Balaban J connectivity index is 1.79. The normalized spacial score (nSPS) is 12.1. The third-order valence-corrected chi connectivity index (χ3v) is 5.03. The van der Waals surface area contributed by atoms with Crippen LogP contribution in [0.1, 0.15) is 23.1 Å². The molecule has 0 N–H and O–H groups in total. The van der Waals surface area contributed by atoms with Crippen LogP contribution in [0.3, 0.4) is 0 Å². The third kappa shape index (κ3) is 7.87. The number of benzene rings is 3. The molecule has 0 amide bonds. The Kier molecular flexibility index (Phi) is 9.35. The molecule has 0 spiro atoms. The Labute approximate surface area is 187 Å². The zero-order valence-corrected chi connectivity index (χ0v) is 17.8. The molecule has 0 saturated carbocycles. The molecule has 1 atom stereocenters. The van der Waals surface area contributed by atoms with E-state index in [-0.39, 0.29) is 19.6 Å². The first-order valence-corrected chi connectivity index (χ1v) is 10.5. The quantitative estimate of drug-likeness (QED) is 0.353. The summed E-state index contributed by atoms with van der Waals surface area (Å²) >= 11 is 0. The standard InChI is InChI=1S/C26H27F2NO3/c27-26(28)31-17-16-24(25(30)32-20-23-14-8-3-9-15-23)29(18-21-10-4-1-5-11-21)19-22-12-6-2-7-13-22/h1-15,24,26H,16-20H2/t24-/m0/s1. The van der Waals surface area contributed by atoms with E-state index in [4.69, 9.17) is 4.74 Å². The second kappa shape index (κ2) is 12.7. The molecule has 3 aromatic rings. The summed E-state index contributed by atoms with van der Waals surface area (Å²) in [6.45, 7) is -2.07. The molecular weight excluding hydrogens is 412 g/mol. The number of ether oxygens (including phenoxy) is 2. The number of halogens is 2. The number of rotatable bonds is 12. The maximum Gasteiger partial charge on any atom is 0.345 e. The lowest BCUT2D eigenvalue weighted by Crippen LogP contribution is -2.42. The van der Waals surface area contributed by atoms with Gasteiger partial charge in [0.25, 0.3) is 0 Å². The van der Waals surface area contributed by atoms with Gasteiger partial charge in [0, 0.05) is 13.1 Å². The molecule has 0 fully saturated rings. The summed E-state index contributed by atoms with van der Waals surface area (Å²) < 4.78 is 35.2. The van der Waals surface area contributed by atoms with E-state index in [0.717, 1.165) is 16.7 Å². The van der Waals surface area contributed by atoms with E-state index >= 15 is 0 Å². The molecule has 4 nitrogen and oxygen atoms in total. The first-order valence-electron chi connectivity index (χ1n) is 10.5. The topological polar surface area (TPSA) is 38.8 Å². The molecule has 0 saturated heterocycles. The highest BCUT2D eigenvalue weighted by atomic mass is 19.3. The average molecular weight is 440 g/mol. The highest BCUT2D eigenvalue weighted by molar-refractivity contribution is 5.75. The molecule has 0 aromatic heterocycles. The number of alkyl halides is 2. The minimum absolute atomic E-state index is 0.0949. The van der Waals surface area contributed by atoms with Gasteiger partial charge in [-0.05, 0) is 23.1 Å². The predicted molar refractivity (Wildman–Crippen MR) is 119 cm³/mol. The van der Waals surface area contributed by atoms with Crippen molar-refractivity contribution in [1.29, 1.82) is 0 Å². The molecular formula is C26H27F2NO3. The number of hydrogen-bond acceptors (Lipinski definition) is 4. The molecule has 168 valence electrons. The fourth-order valence-electron chi connectivity index (χ4n) is 3.46. The zero-order valence-electron chi connectivity index (χ0n) is 17.8. The second-order valence-corrected chi connectivity index (χ2v) is 7.41. The van der Waals surface area contributed by atoms with Crippen LogP contribution in [0, 0.1) is 0 Å². The van der Waals surface area contributed by atoms with E-state index in [9.17, 15) is 13.6 Å². The van der Waals surface area contributed by atoms with E-state index in [1.165, 1.54) is 0 Å². The van der Waals surface area contributed by atoms with Crippen molar-refractivity contribution in [1.82, 2.24) is 4.90 Å². The van der Waals surface area contributed by atoms with Gasteiger partial charge < -0.3 is 9.47 Å². The molecule has 0 aliphatic heterocycles. The summed E-state index contributed by atoms with van der Waals surface area (Å²) in [4.78, 5) is 15.1. The van der Waals surface area contributed by atoms with Gasteiger partial charge in [0.05, 0.1) is 6.61 Å². The van der Waals surface area contributed by atoms with Crippen molar-refractivity contribution in [3.8, 4) is 0 Å². The summed E-state index contributed by atoms with van der Waals surface area (Å²) in [6, 6.07) is 28.1. The summed E-state index contributed by atoms with van der Waals surface area (Å²) in [5, 5.41) is 0. The van der Waals surface area contributed by atoms with E-state index in [1.54, 1.807) is 0 Å². The minimum atomic E-state index is -2.88. The fraction of sp³-hybridized carbons (Fsp3) is 0.269. The minimum Gasteiger partial charge on any atom is -0.460 e. The Hall–Kier alpha value is -3.09. The lowest BCUT2D eigenvalue weighted by atomic mass is 10.1. The summed E-state index contributed by atoms with van der Waals surface area (Å²) in [7, 11) is 0. The van der Waals surface area contributed by atoms with Crippen molar-refractivity contribution in [3.63, 3.8) is 0 Å². The molecule has 0 aliphatic carbocycles. The van der Waals surface area contributed by atoms with E-state index in [0.29, 0.717) is 13.1 Å². The fourth-order valence-corrected chi connectivity index (χ4v) is 3.46. The summed E-state index contributed by atoms with van der Waals surface area (Å²) in [5.74, 6) is -0.460. The summed E-state index contributed by atoms with van der Waals surface area (Å²) in [5.41, 5.74) is 2.89. The maximum absolute atomic E-state index is 13.1. The van der Waals surface area contributed by atoms with Gasteiger partial charge in [-0.1, -0.05) is 91.0 Å². The molecule has 3 aromatic carbocycles. The molecule has 0 heterocycles. The molecule has 3 rings (SSSR count). The SMILES string of the molecule is O=C(OCc1ccccc1)[C@H](CCOC(F)F)N(Cc1ccccc1)Cc1ccccc1. The van der Waals surface area contributed by atoms with Crippen LogP contribution in [-0.4, -0.2) is 30.1 Å². The van der Waals surface area contributed by atoms with E-state index < -0.39 is 18.6 Å². The molecule has 0 radical (unpaired) electrons. The van der Waals surface area contributed by atoms with Crippen molar-refractivity contribution in [2.45, 2.75) is 38.8 Å². The van der Waals surface area contributed by atoms with Gasteiger partial charge in [-0.15, -0.1) is 0 Å². The monoisotopic (exact) mass is 439 g/mol. The van der Waals surface area contributed by atoms with Gasteiger partial charge in [0.2, 0.25) is 0 Å². The highest BCUT2D eigenvalue weighted by Gasteiger charge is 2.28. The van der Waals surface area contributed by atoms with Crippen LogP contribution in [0.15, 0.2) is 91.0 Å². The molecule has 0 bridgehead atoms. The smallest absolute Gasteiger partial charge is 0.345 e. The number of carbonyl (C=O) groups excluding carboxylic acids is 1. The van der Waals surface area contributed by atoms with Gasteiger partial charge in [0.15, 0.2) is 0 Å². The second-order valence-electron chi connectivity index (χ2n) is 7.41. The number of carbonyl (C=O) groups is 1. The first-order chi connectivity index (χ1) is 15.6. The Morgan fingerprint density at radius 2 is 1.22 bits per heavy atom. The van der Waals surface area contributed by atoms with Crippen LogP contribution in [-0.2, 0) is 34.0 Å². The zero-order chi connectivity index (χ0) is 22.6. The van der Waals surface area contributed by atoms with E-state index in [1.807, 2.05) is 95.9 Å². The van der Waals surface area contributed by atoms with Crippen LogP contribution in [0.5, 0.6) is 0 Å². The van der Waals surface area contributed by atoms with Crippen LogP contribution in [0.4, 0.5) is 8.78 Å². The van der Waals surface area contributed by atoms with Crippen LogP contribution in [0.25, 0.3) is 0 Å². The van der Waals surface area contributed by atoms with Gasteiger partial charge in [-0.3, -0.25) is 9.69 Å². The lowest BCUT2D eigenvalue weighted by Gasteiger charge is -2.30. The first kappa shape index (κ1) is 23.6. The largest absolute Gasteiger partial charge is 0.460 e. The molecule has 0 unspecified atom stereocenters. The van der Waals surface area contributed by atoms with Crippen molar-refractivity contribution >= 4 is 5.97 Å². The molecule has 6 heteroatoms. The van der Waals surface area contributed by atoms with Crippen LogP contribution in [0.2, 0.25) is 0 Å². The van der Waals surface area contributed by atoms with Gasteiger partial charge in [-0.25, -0.2) is 0 Å². The van der Waals surface area contributed by atoms with Gasteiger partial charge in [0.1, 0.15) is 12.6 Å². The third-order valence-electron chi connectivity index (χ3n) is 5.03. The maximum atomic E-state index is 13.1. The van der Waals surface area contributed by atoms with Crippen LogP contribution < -0.4 is 0 Å². The highest BCUT2D eigenvalue weighted by Crippen LogP contribution is 2.18. The van der Waals surface area contributed by atoms with Crippen LogP contribution >= 0.6 is 0 Å². The Morgan fingerprint density at radius 3 is 1.69 bits per heavy atom. The Morgan fingerprint density at radius 1 is 0.750 bits per heavy atom. The molecule has 0 aliphatic rings. The summed E-state index contributed by atoms with van der Waals surface area (Å²) in [6.07, 6.45) is 0.0949. The average Bonchev–Trinajstić information content (AvgIpc) is 2.82. The van der Waals surface area contributed by atoms with Crippen molar-refractivity contribution in [2.75, 3.05) is 6.61 Å². The van der Waals surface area contributed by atoms with Crippen molar-refractivity contribution in [2.24, 2.45) is 0 Å². The Bertz CT molecular complexity index is 882. The van der Waals surface area contributed by atoms with Gasteiger partial charge in [-0.2, -0.15) is 8.78 Å². The lowest BCUT2D eigenvalue weighted by molar-refractivity contribution is -0.157. The van der Waals surface area contributed by atoms with Crippen molar-refractivity contribution in [3.05, 3.63) is 108 Å². The van der Waals surface area contributed by atoms with Gasteiger partial charge >= 0.3 is 12.6 Å². The number of esters is 1. The number of hydrogen-bond donors (Lipinski definition) is 0. The molecule has 32 heavy (non-hydrogen) atoms. The predicted octanol–water partition coefficient (Wildman–Crippen LogP) is 5.43. The number of nitrogens with zero attached hydrogens (tertiary/aromatic N) is 1.